The first kappa shape index (κ1) is 20.4. The van der Waals surface area contributed by atoms with Gasteiger partial charge >= 0.3 is 5.97 Å². The van der Waals surface area contributed by atoms with E-state index < -0.39 is 29.2 Å². The number of nitro groups is 1. The van der Waals surface area contributed by atoms with Gasteiger partial charge in [-0.2, -0.15) is 0 Å². The molecule has 0 bridgehead atoms. The zero-order valence-corrected chi connectivity index (χ0v) is 15.5. The molecule has 0 atom stereocenters. The van der Waals surface area contributed by atoms with Crippen LogP contribution in [0.2, 0.25) is 0 Å². The average Bonchev–Trinajstić information content (AvgIpc) is 2.65. The number of carbonyl (C=O) groups is 2. The van der Waals surface area contributed by atoms with Crippen LogP contribution in [-0.4, -0.2) is 41.6 Å². The lowest BCUT2D eigenvalue weighted by atomic mass is 10.2. The van der Waals surface area contributed by atoms with Crippen LogP contribution in [0, 0.1) is 15.9 Å². The summed E-state index contributed by atoms with van der Waals surface area (Å²) in [5, 5.41) is 11.1. The van der Waals surface area contributed by atoms with Gasteiger partial charge in [0.15, 0.2) is 6.61 Å². The number of nitro benzene ring substituents is 1. The number of hydrogen-bond donors (Lipinski definition) is 0. The molecule has 0 fully saturated rings. The number of hydrogen-bond acceptors (Lipinski definition) is 6. The Kier molecular flexibility index (Phi) is 6.89. The second-order valence-corrected chi connectivity index (χ2v) is 6.45. The maximum atomic E-state index is 13.2. The Morgan fingerprint density at radius 2 is 2.00 bits per heavy atom. The Morgan fingerprint density at radius 1 is 1.26 bits per heavy atom. The highest BCUT2D eigenvalue weighted by Gasteiger charge is 2.19. The second-order valence-electron chi connectivity index (χ2n) is 5.60. The molecule has 7 nitrogen and oxygen atoms in total. The molecule has 0 unspecified atom stereocenters. The van der Waals surface area contributed by atoms with Crippen molar-refractivity contribution in [2.75, 3.05) is 19.9 Å². The van der Waals surface area contributed by atoms with Crippen molar-refractivity contribution in [1.82, 2.24) is 4.90 Å². The fourth-order valence-electron chi connectivity index (χ4n) is 2.28. The fraction of sp³-hybridized carbons (Fsp3) is 0.222. The predicted octanol–water partition coefficient (Wildman–Crippen LogP) is 3.27. The van der Waals surface area contributed by atoms with Gasteiger partial charge in [-0.1, -0.05) is 12.1 Å². The molecule has 0 saturated carbocycles. The van der Waals surface area contributed by atoms with E-state index >= 15 is 0 Å². The van der Waals surface area contributed by atoms with E-state index in [2.05, 4.69) is 0 Å². The predicted molar refractivity (Wildman–Crippen MR) is 98.0 cm³/mol. The highest BCUT2D eigenvalue weighted by Crippen LogP contribution is 2.28. The second kappa shape index (κ2) is 9.13. The van der Waals surface area contributed by atoms with Crippen molar-refractivity contribution in [2.45, 2.75) is 11.4 Å². The van der Waals surface area contributed by atoms with Gasteiger partial charge in [0.1, 0.15) is 5.82 Å². The van der Waals surface area contributed by atoms with E-state index in [1.807, 2.05) is 0 Å². The minimum Gasteiger partial charge on any atom is -0.452 e. The molecular weight excluding hydrogens is 375 g/mol. The van der Waals surface area contributed by atoms with Gasteiger partial charge in [-0.15, -0.1) is 11.8 Å². The van der Waals surface area contributed by atoms with Crippen molar-refractivity contribution in [2.24, 2.45) is 0 Å². The van der Waals surface area contributed by atoms with Crippen molar-refractivity contribution in [1.29, 1.82) is 0 Å². The minimum absolute atomic E-state index is 0.0138. The lowest BCUT2D eigenvalue weighted by Gasteiger charge is -2.17. The number of carbonyl (C=O) groups excluding carboxylic acids is 2. The summed E-state index contributed by atoms with van der Waals surface area (Å²) in [6, 6.07) is 9.80. The van der Waals surface area contributed by atoms with Crippen LogP contribution in [0.15, 0.2) is 47.4 Å². The lowest BCUT2D eigenvalue weighted by molar-refractivity contribution is -0.387. The standard InChI is InChI=1S/C18H17FN2O5S/c1-20(10-12-4-3-5-14(19)8-12)17(22)11-26-18(23)13-6-7-16(27-2)15(9-13)21(24)25/h3-9H,10-11H2,1-2H3. The topological polar surface area (TPSA) is 89.8 Å². The molecule has 0 N–H and O–H groups in total. The van der Waals surface area contributed by atoms with Crippen LogP contribution in [-0.2, 0) is 16.1 Å². The van der Waals surface area contributed by atoms with Gasteiger partial charge < -0.3 is 9.64 Å². The Bertz CT molecular complexity index is 875. The summed E-state index contributed by atoms with van der Waals surface area (Å²) in [5.74, 6) is -1.73. The first-order chi connectivity index (χ1) is 12.8. The molecule has 0 saturated heterocycles. The van der Waals surface area contributed by atoms with E-state index in [1.165, 1.54) is 54.0 Å². The third-order valence-electron chi connectivity index (χ3n) is 3.67. The van der Waals surface area contributed by atoms with Crippen LogP contribution in [0.5, 0.6) is 0 Å². The summed E-state index contributed by atoms with van der Waals surface area (Å²) >= 11 is 1.19. The van der Waals surface area contributed by atoms with Gasteiger partial charge in [-0.25, -0.2) is 9.18 Å². The third kappa shape index (κ3) is 5.52. The summed E-state index contributed by atoms with van der Waals surface area (Å²) in [6.07, 6.45) is 1.69. The summed E-state index contributed by atoms with van der Waals surface area (Å²) in [5.41, 5.74) is 0.382. The Labute approximate surface area is 159 Å². The van der Waals surface area contributed by atoms with Gasteiger partial charge in [-0.3, -0.25) is 14.9 Å². The van der Waals surface area contributed by atoms with Crippen LogP contribution in [0.1, 0.15) is 15.9 Å². The average molecular weight is 392 g/mol. The molecule has 142 valence electrons. The number of likely N-dealkylation sites (N-methyl/N-ethyl adjacent to an activating group) is 1. The summed E-state index contributed by atoms with van der Waals surface area (Å²) in [6.45, 7) is -0.370. The Morgan fingerprint density at radius 3 is 2.63 bits per heavy atom. The molecule has 0 aliphatic carbocycles. The molecule has 0 aliphatic heterocycles. The van der Waals surface area contributed by atoms with Gasteiger partial charge in [-0.05, 0) is 36.1 Å². The van der Waals surface area contributed by atoms with Crippen LogP contribution < -0.4 is 0 Å². The van der Waals surface area contributed by atoms with E-state index in [-0.39, 0.29) is 17.8 Å². The Balaban J connectivity index is 1.97. The zero-order valence-electron chi connectivity index (χ0n) is 14.7. The molecule has 1 amide bonds. The number of rotatable bonds is 7. The summed E-state index contributed by atoms with van der Waals surface area (Å²) in [7, 11) is 1.50. The number of ether oxygens (including phenoxy) is 1. The van der Waals surface area contributed by atoms with Gasteiger partial charge in [0, 0.05) is 19.7 Å². The molecule has 9 heteroatoms. The van der Waals surface area contributed by atoms with Crippen molar-refractivity contribution in [3.05, 3.63) is 69.5 Å². The monoisotopic (exact) mass is 392 g/mol. The first-order valence-corrected chi connectivity index (χ1v) is 9.02. The van der Waals surface area contributed by atoms with Gasteiger partial charge in [0.2, 0.25) is 0 Å². The van der Waals surface area contributed by atoms with E-state index in [0.29, 0.717) is 10.5 Å². The number of amides is 1. The molecule has 2 rings (SSSR count). The SMILES string of the molecule is CSc1ccc(C(=O)OCC(=O)N(C)Cc2cccc(F)c2)cc1[N+](=O)[O-]. The fourth-order valence-corrected chi connectivity index (χ4v) is 2.82. The maximum absolute atomic E-state index is 13.2. The highest BCUT2D eigenvalue weighted by atomic mass is 32.2. The molecular formula is C18H17FN2O5S. The smallest absolute Gasteiger partial charge is 0.338 e. The molecule has 2 aromatic carbocycles. The zero-order chi connectivity index (χ0) is 20.0. The number of esters is 1. The summed E-state index contributed by atoms with van der Waals surface area (Å²) in [4.78, 5) is 36.4. The number of benzene rings is 2. The van der Waals surface area contributed by atoms with Crippen LogP contribution >= 0.6 is 11.8 Å². The van der Waals surface area contributed by atoms with Crippen LogP contribution in [0.25, 0.3) is 0 Å². The molecule has 0 spiro atoms. The van der Waals surface area contributed by atoms with E-state index in [0.717, 1.165) is 6.07 Å². The lowest BCUT2D eigenvalue weighted by Crippen LogP contribution is -2.30. The highest BCUT2D eigenvalue weighted by molar-refractivity contribution is 7.98. The van der Waals surface area contributed by atoms with E-state index in [9.17, 15) is 24.1 Å². The van der Waals surface area contributed by atoms with Gasteiger partial charge in [0.05, 0.1) is 15.4 Å². The van der Waals surface area contributed by atoms with Crippen molar-refractivity contribution < 1.29 is 23.6 Å². The molecule has 0 aromatic heterocycles. The number of halogens is 1. The van der Waals surface area contributed by atoms with Gasteiger partial charge in [0.25, 0.3) is 11.6 Å². The first-order valence-electron chi connectivity index (χ1n) is 7.79. The van der Waals surface area contributed by atoms with E-state index in [4.69, 9.17) is 4.74 Å². The molecule has 27 heavy (non-hydrogen) atoms. The van der Waals surface area contributed by atoms with Crippen LogP contribution in [0.3, 0.4) is 0 Å². The normalized spacial score (nSPS) is 10.3. The number of nitrogens with zero attached hydrogens (tertiary/aromatic N) is 2. The van der Waals surface area contributed by atoms with Crippen molar-refractivity contribution >= 4 is 29.3 Å². The largest absolute Gasteiger partial charge is 0.452 e. The number of thioether (sulfide) groups is 1. The third-order valence-corrected chi connectivity index (χ3v) is 4.46. The Hall–Kier alpha value is -2.94. The molecule has 0 aliphatic rings. The van der Waals surface area contributed by atoms with Crippen molar-refractivity contribution in [3.63, 3.8) is 0 Å². The maximum Gasteiger partial charge on any atom is 0.338 e. The van der Waals surface area contributed by atoms with Crippen molar-refractivity contribution in [3.8, 4) is 0 Å². The molecule has 2 aromatic rings. The summed E-state index contributed by atoms with van der Waals surface area (Å²) < 4.78 is 18.1. The molecule has 0 heterocycles. The molecule has 0 radical (unpaired) electrons. The minimum atomic E-state index is -0.835. The van der Waals surface area contributed by atoms with Crippen LogP contribution in [0.4, 0.5) is 10.1 Å². The van der Waals surface area contributed by atoms with E-state index in [1.54, 1.807) is 12.3 Å². The quantitative estimate of drug-likeness (QED) is 0.311.